The van der Waals surface area contributed by atoms with Gasteiger partial charge >= 0.3 is 5.97 Å². The first-order chi connectivity index (χ1) is 8.51. The Balaban J connectivity index is 1.76. The van der Waals surface area contributed by atoms with Gasteiger partial charge in [0.25, 0.3) is 5.69 Å². The van der Waals surface area contributed by atoms with E-state index in [2.05, 4.69) is 0 Å². The molecule has 5 heteroatoms. The minimum Gasteiger partial charge on any atom is -0.469 e. The number of carbonyl (C=O) groups excluding carboxylic acids is 1. The first-order valence-corrected chi connectivity index (χ1v) is 5.85. The van der Waals surface area contributed by atoms with Crippen molar-refractivity contribution in [1.82, 2.24) is 0 Å². The molecule has 94 valence electrons. The van der Waals surface area contributed by atoms with Crippen LogP contribution in [0.2, 0.25) is 0 Å². The summed E-state index contributed by atoms with van der Waals surface area (Å²) >= 11 is 0. The van der Waals surface area contributed by atoms with Crippen molar-refractivity contribution in [2.24, 2.45) is 5.41 Å². The molecule has 3 fully saturated rings. The molecular formula is C13H13NO4. The Morgan fingerprint density at radius 3 is 2.28 bits per heavy atom. The SMILES string of the molecule is COC(=O)C12CC(c3ccc([N+](=O)[O-])cc3)(C1)C2. The van der Waals surface area contributed by atoms with Crippen molar-refractivity contribution in [3.8, 4) is 0 Å². The van der Waals surface area contributed by atoms with Gasteiger partial charge in [-0.3, -0.25) is 14.9 Å². The van der Waals surface area contributed by atoms with Crippen molar-refractivity contribution in [3.05, 3.63) is 39.9 Å². The maximum Gasteiger partial charge on any atom is 0.311 e. The number of benzene rings is 1. The van der Waals surface area contributed by atoms with E-state index in [0.29, 0.717) is 0 Å². The average Bonchev–Trinajstić information content (AvgIpc) is 2.26. The molecule has 0 spiro atoms. The van der Waals surface area contributed by atoms with E-state index < -0.39 is 4.92 Å². The number of nitrogens with zero attached hydrogens (tertiary/aromatic N) is 1. The fraction of sp³-hybridized carbons (Fsp3) is 0.462. The number of rotatable bonds is 3. The number of hydrogen-bond donors (Lipinski definition) is 0. The van der Waals surface area contributed by atoms with E-state index in [1.54, 1.807) is 12.1 Å². The van der Waals surface area contributed by atoms with Gasteiger partial charge in [0.05, 0.1) is 17.4 Å². The third-order valence-electron chi connectivity index (χ3n) is 4.34. The van der Waals surface area contributed by atoms with Crippen molar-refractivity contribution in [2.75, 3.05) is 7.11 Å². The molecule has 3 aliphatic rings. The van der Waals surface area contributed by atoms with E-state index in [9.17, 15) is 14.9 Å². The summed E-state index contributed by atoms with van der Waals surface area (Å²) in [6, 6.07) is 6.66. The number of nitro groups is 1. The van der Waals surface area contributed by atoms with E-state index in [1.165, 1.54) is 19.2 Å². The molecule has 0 radical (unpaired) electrons. The first kappa shape index (κ1) is 11.2. The average molecular weight is 247 g/mol. The van der Waals surface area contributed by atoms with E-state index in [1.807, 2.05) is 0 Å². The van der Waals surface area contributed by atoms with Crippen molar-refractivity contribution in [1.29, 1.82) is 0 Å². The third kappa shape index (κ3) is 1.24. The topological polar surface area (TPSA) is 69.4 Å². The predicted molar refractivity (Wildman–Crippen MR) is 63.1 cm³/mol. The van der Waals surface area contributed by atoms with Gasteiger partial charge in [-0.05, 0) is 30.2 Å². The third-order valence-corrected chi connectivity index (χ3v) is 4.34. The van der Waals surface area contributed by atoms with Crippen LogP contribution in [0.15, 0.2) is 24.3 Å². The Labute approximate surface area is 104 Å². The molecule has 0 aromatic heterocycles. The highest BCUT2D eigenvalue weighted by Gasteiger charge is 2.72. The zero-order valence-corrected chi connectivity index (χ0v) is 10.0. The summed E-state index contributed by atoms with van der Waals surface area (Å²) in [5, 5.41) is 10.6. The van der Waals surface area contributed by atoms with Crippen LogP contribution < -0.4 is 0 Å². The Morgan fingerprint density at radius 2 is 1.83 bits per heavy atom. The second kappa shape index (κ2) is 3.31. The van der Waals surface area contributed by atoms with Gasteiger partial charge in [0.1, 0.15) is 0 Å². The van der Waals surface area contributed by atoms with E-state index in [4.69, 9.17) is 4.74 Å². The van der Waals surface area contributed by atoms with Gasteiger partial charge in [-0.1, -0.05) is 12.1 Å². The van der Waals surface area contributed by atoms with Crippen LogP contribution in [0.3, 0.4) is 0 Å². The van der Waals surface area contributed by atoms with Gasteiger partial charge in [0.15, 0.2) is 0 Å². The second-order valence-electron chi connectivity index (χ2n) is 5.39. The Kier molecular flexibility index (Phi) is 2.06. The van der Waals surface area contributed by atoms with Gasteiger partial charge in [-0.15, -0.1) is 0 Å². The lowest BCUT2D eigenvalue weighted by molar-refractivity contribution is -0.384. The summed E-state index contributed by atoms with van der Waals surface area (Å²) in [4.78, 5) is 21.7. The van der Waals surface area contributed by atoms with Crippen molar-refractivity contribution >= 4 is 11.7 Å². The van der Waals surface area contributed by atoms with Crippen molar-refractivity contribution in [3.63, 3.8) is 0 Å². The molecule has 0 amide bonds. The number of esters is 1. The van der Waals surface area contributed by atoms with Crippen LogP contribution in [0.1, 0.15) is 24.8 Å². The van der Waals surface area contributed by atoms with Gasteiger partial charge in [-0.2, -0.15) is 0 Å². The summed E-state index contributed by atoms with van der Waals surface area (Å²) in [5.41, 5.74) is 0.992. The normalized spacial score (nSPS) is 32.1. The van der Waals surface area contributed by atoms with Crippen LogP contribution in [0.25, 0.3) is 0 Å². The van der Waals surface area contributed by atoms with Crippen LogP contribution in [0, 0.1) is 15.5 Å². The molecule has 0 heterocycles. The zero-order valence-electron chi connectivity index (χ0n) is 10.0. The van der Waals surface area contributed by atoms with Crippen LogP contribution in [-0.4, -0.2) is 18.0 Å². The molecule has 2 bridgehead atoms. The molecule has 1 aromatic rings. The molecule has 3 aliphatic carbocycles. The molecule has 0 N–H and O–H groups in total. The minimum absolute atomic E-state index is 0.0588. The quantitative estimate of drug-likeness (QED) is 0.466. The van der Waals surface area contributed by atoms with Crippen molar-refractivity contribution < 1.29 is 14.5 Å². The number of carbonyl (C=O) groups is 1. The molecule has 1 aromatic carbocycles. The number of nitro benzene ring substituents is 1. The summed E-state index contributed by atoms with van der Waals surface area (Å²) < 4.78 is 4.80. The summed E-state index contributed by atoms with van der Waals surface area (Å²) in [6.45, 7) is 0. The van der Waals surface area contributed by atoms with Gasteiger partial charge in [0.2, 0.25) is 0 Å². The highest BCUT2D eigenvalue weighted by Crippen LogP contribution is 2.73. The predicted octanol–water partition coefficient (Wildman–Crippen LogP) is 2.19. The largest absolute Gasteiger partial charge is 0.469 e. The second-order valence-corrected chi connectivity index (χ2v) is 5.39. The van der Waals surface area contributed by atoms with Gasteiger partial charge in [-0.25, -0.2) is 0 Å². The Bertz CT molecular complexity index is 515. The number of methoxy groups -OCH3 is 1. The zero-order chi connectivity index (χ0) is 13.0. The highest BCUT2D eigenvalue weighted by molar-refractivity contribution is 5.82. The molecule has 0 atom stereocenters. The first-order valence-electron chi connectivity index (χ1n) is 5.85. The fourth-order valence-electron chi connectivity index (χ4n) is 3.46. The summed E-state index contributed by atoms with van der Waals surface area (Å²) in [7, 11) is 1.42. The molecular weight excluding hydrogens is 234 g/mol. The molecule has 4 rings (SSSR count). The molecule has 5 nitrogen and oxygen atoms in total. The monoisotopic (exact) mass is 247 g/mol. The number of hydrogen-bond acceptors (Lipinski definition) is 4. The van der Waals surface area contributed by atoms with Crippen LogP contribution in [0.4, 0.5) is 5.69 Å². The minimum atomic E-state index is -0.401. The maximum atomic E-state index is 11.6. The number of ether oxygens (including phenoxy) is 1. The van der Waals surface area contributed by atoms with Gasteiger partial charge < -0.3 is 4.74 Å². The van der Waals surface area contributed by atoms with Gasteiger partial charge in [0, 0.05) is 12.1 Å². The lowest BCUT2D eigenvalue weighted by Crippen LogP contribution is -2.68. The Hall–Kier alpha value is -1.91. The molecule has 3 saturated carbocycles. The summed E-state index contributed by atoms with van der Waals surface area (Å²) in [6.07, 6.45) is 2.43. The van der Waals surface area contributed by atoms with E-state index >= 15 is 0 Å². The smallest absolute Gasteiger partial charge is 0.311 e. The van der Waals surface area contributed by atoms with Crippen LogP contribution in [0.5, 0.6) is 0 Å². The highest BCUT2D eigenvalue weighted by atomic mass is 16.6. The Morgan fingerprint density at radius 1 is 1.28 bits per heavy atom. The fourth-order valence-corrected chi connectivity index (χ4v) is 3.46. The number of non-ortho nitro benzene ring substituents is 1. The molecule has 0 saturated heterocycles. The molecule has 0 unspecified atom stereocenters. The maximum absolute atomic E-state index is 11.6. The summed E-state index contributed by atoms with van der Waals surface area (Å²) in [5.74, 6) is -0.119. The lowest BCUT2D eigenvalue weighted by atomic mass is 9.33. The standard InChI is InChI=1S/C13H13NO4/c1-18-11(15)13-6-12(7-13,8-13)9-2-4-10(5-3-9)14(16)17/h2-5H,6-8H2,1H3. The lowest BCUT2D eigenvalue weighted by Gasteiger charge is -2.68. The molecule has 0 aliphatic heterocycles. The van der Waals surface area contributed by atoms with E-state index in [-0.39, 0.29) is 22.5 Å². The molecule has 18 heavy (non-hydrogen) atoms. The van der Waals surface area contributed by atoms with Crippen LogP contribution in [-0.2, 0) is 14.9 Å². The van der Waals surface area contributed by atoms with E-state index in [0.717, 1.165) is 24.8 Å². The van der Waals surface area contributed by atoms with Crippen molar-refractivity contribution in [2.45, 2.75) is 24.7 Å². The van der Waals surface area contributed by atoms with Crippen LogP contribution >= 0.6 is 0 Å².